The summed E-state index contributed by atoms with van der Waals surface area (Å²) in [6, 6.07) is 39.8. The van der Waals surface area contributed by atoms with E-state index in [4.69, 9.17) is 14.2 Å². The predicted molar refractivity (Wildman–Crippen MR) is 170 cm³/mol. The molecule has 1 heterocycles. The number of aliphatic hydroxyl groups is 1. The lowest BCUT2D eigenvalue weighted by Crippen LogP contribution is -2.49. The highest BCUT2D eigenvalue weighted by atomic mass is 32.1. The number of aliphatic hydroxyl groups excluding tert-OH is 1. The van der Waals surface area contributed by atoms with Crippen molar-refractivity contribution in [3.8, 4) is 0 Å². The molecule has 5 aromatic rings. The van der Waals surface area contributed by atoms with Gasteiger partial charge in [-0.15, -0.1) is 11.3 Å². The first-order chi connectivity index (χ1) is 21.3. The van der Waals surface area contributed by atoms with Gasteiger partial charge < -0.3 is 24.6 Å². The highest BCUT2D eigenvalue weighted by Gasteiger charge is 2.38. The minimum atomic E-state index is -0.964. The summed E-state index contributed by atoms with van der Waals surface area (Å²) in [5.41, 5.74) is 4.22. The van der Waals surface area contributed by atoms with Crippen molar-refractivity contribution in [1.82, 2.24) is 10.3 Å². The Morgan fingerprint density at radius 2 is 1.12 bits per heavy atom. The van der Waals surface area contributed by atoms with Gasteiger partial charge in [0.15, 0.2) is 0 Å². The van der Waals surface area contributed by atoms with E-state index < -0.39 is 18.3 Å². The standard InChI is InChI=1S/C36H38N2O4S/c39-32(27-40-24-29-15-7-2-8-16-29)34(41-25-30-17-9-3-10-18-30)35(42-26-31-19-11-4-12-20-31)33(36-37-21-22-43-36)38-23-28-13-5-1-6-14-28/h1-22,32-35,38-39H,23-27H2/t32-,33+,34-,35-/m1/s1. The number of ether oxygens (including phenoxy) is 3. The highest BCUT2D eigenvalue weighted by molar-refractivity contribution is 7.09. The van der Waals surface area contributed by atoms with E-state index in [0.29, 0.717) is 26.4 Å². The van der Waals surface area contributed by atoms with Crippen LogP contribution in [0.15, 0.2) is 133 Å². The average Bonchev–Trinajstić information content (AvgIpc) is 3.60. The smallest absolute Gasteiger partial charge is 0.114 e. The van der Waals surface area contributed by atoms with Gasteiger partial charge in [-0.25, -0.2) is 4.98 Å². The first kappa shape index (κ1) is 30.8. The number of benzene rings is 4. The van der Waals surface area contributed by atoms with E-state index in [-0.39, 0.29) is 12.6 Å². The topological polar surface area (TPSA) is 72.8 Å². The van der Waals surface area contributed by atoms with E-state index in [2.05, 4.69) is 22.4 Å². The summed E-state index contributed by atoms with van der Waals surface area (Å²) in [5.74, 6) is 0. The van der Waals surface area contributed by atoms with Gasteiger partial charge >= 0.3 is 0 Å². The molecule has 0 aliphatic rings. The van der Waals surface area contributed by atoms with Crippen LogP contribution in [0, 0.1) is 0 Å². The third-order valence-corrected chi connectivity index (χ3v) is 7.95. The van der Waals surface area contributed by atoms with E-state index in [0.717, 1.165) is 27.3 Å². The van der Waals surface area contributed by atoms with Gasteiger partial charge in [0.1, 0.15) is 23.3 Å². The van der Waals surface area contributed by atoms with Crippen LogP contribution in [0.5, 0.6) is 0 Å². The maximum atomic E-state index is 11.7. The molecule has 0 saturated heterocycles. The van der Waals surface area contributed by atoms with Crippen LogP contribution in [-0.2, 0) is 40.6 Å². The average molecular weight is 595 g/mol. The zero-order valence-corrected chi connectivity index (χ0v) is 24.9. The Kier molecular flexibility index (Phi) is 12.0. The number of thiazole rings is 1. The Balaban J connectivity index is 1.42. The molecule has 0 spiro atoms. The second kappa shape index (κ2) is 16.8. The zero-order valence-electron chi connectivity index (χ0n) is 24.1. The summed E-state index contributed by atoms with van der Waals surface area (Å²) in [7, 11) is 0. The molecule has 4 atom stereocenters. The molecule has 0 saturated carbocycles. The summed E-state index contributed by atoms with van der Waals surface area (Å²) < 4.78 is 19.3. The van der Waals surface area contributed by atoms with Crippen molar-refractivity contribution >= 4 is 11.3 Å². The summed E-state index contributed by atoms with van der Waals surface area (Å²) in [6.07, 6.45) is -0.481. The van der Waals surface area contributed by atoms with Crippen LogP contribution in [-0.4, -0.2) is 35.0 Å². The lowest BCUT2D eigenvalue weighted by molar-refractivity contribution is -0.157. The van der Waals surface area contributed by atoms with Crippen LogP contribution in [0.2, 0.25) is 0 Å². The molecule has 222 valence electrons. The molecule has 4 aromatic carbocycles. The Bertz CT molecular complexity index is 1420. The normalized spacial score (nSPS) is 14.2. The number of aromatic nitrogens is 1. The Hall–Kier alpha value is -3.69. The Morgan fingerprint density at radius 3 is 1.63 bits per heavy atom. The van der Waals surface area contributed by atoms with Crippen LogP contribution in [0.1, 0.15) is 33.3 Å². The molecule has 0 aliphatic heterocycles. The van der Waals surface area contributed by atoms with Crippen LogP contribution in [0.25, 0.3) is 0 Å². The van der Waals surface area contributed by atoms with Gasteiger partial charge in [-0.3, -0.25) is 0 Å². The van der Waals surface area contributed by atoms with Crippen molar-refractivity contribution in [3.63, 3.8) is 0 Å². The molecule has 43 heavy (non-hydrogen) atoms. The fraction of sp³-hybridized carbons (Fsp3) is 0.250. The molecular formula is C36H38N2O4S. The molecule has 0 unspecified atom stereocenters. The van der Waals surface area contributed by atoms with Crippen LogP contribution >= 0.6 is 11.3 Å². The van der Waals surface area contributed by atoms with Gasteiger partial charge in [-0.1, -0.05) is 121 Å². The quantitative estimate of drug-likeness (QED) is 0.125. The molecule has 6 nitrogen and oxygen atoms in total. The van der Waals surface area contributed by atoms with Crippen molar-refractivity contribution in [2.45, 2.75) is 50.7 Å². The largest absolute Gasteiger partial charge is 0.388 e. The molecule has 5 rings (SSSR count). The minimum Gasteiger partial charge on any atom is -0.388 e. The minimum absolute atomic E-state index is 0.0861. The fourth-order valence-corrected chi connectivity index (χ4v) is 5.61. The molecule has 0 amide bonds. The molecule has 0 radical (unpaired) electrons. The lowest BCUT2D eigenvalue weighted by atomic mass is 9.99. The third-order valence-electron chi connectivity index (χ3n) is 7.09. The Labute approximate surface area is 257 Å². The van der Waals surface area contributed by atoms with E-state index in [1.807, 2.05) is 115 Å². The lowest BCUT2D eigenvalue weighted by Gasteiger charge is -2.36. The fourth-order valence-electron chi connectivity index (χ4n) is 4.86. The van der Waals surface area contributed by atoms with Crippen molar-refractivity contribution < 1.29 is 19.3 Å². The van der Waals surface area contributed by atoms with Crippen LogP contribution < -0.4 is 5.32 Å². The van der Waals surface area contributed by atoms with Gasteiger partial charge in [0, 0.05) is 18.1 Å². The number of rotatable bonds is 17. The van der Waals surface area contributed by atoms with Crippen molar-refractivity contribution in [2.75, 3.05) is 6.61 Å². The van der Waals surface area contributed by atoms with Gasteiger partial charge in [0.2, 0.25) is 0 Å². The van der Waals surface area contributed by atoms with E-state index in [1.54, 1.807) is 17.5 Å². The molecule has 0 aliphatic carbocycles. The van der Waals surface area contributed by atoms with E-state index in [1.165, 1.54) is 0 Å². The first-order valence-corrected chi connectivity index (χ1v) is 15.4. The van der Waals surface area contributed by atoms with E-state index in [9.17, 15) is 5.11 Å². The molecule has 0 bridgehead atoms. The zero-order chi connectivity index (χ0) is 29.5. The van der Waals surface area contributed by atoms with Crippen LogP contribution in [0.3, 0.4) is 0 Å². The molecule has 0 fully saturated rings. The maximum absolute atomic E-state index is 11.7. The highest BCUT2D eigenvalue weighted by Crippen LogP contribution is 2.29. The summed E-state index contributed by atoms with van der Waals surface area (Å²) in [6.45, 7) is 1.74. The number of nitrogens with zero attached hydrogens (tertiary/aromatic N) is 1. The third kappa shape index (κ3) is 9.66. The maximum Gasteiger partial charge on any atom is 0.114 e. The second-order valence-electron chi connectivity index (χ2n) is 10.3. The SMILES string of the molecule is O[C@H](COCc1ccccc1)[C@@H](OCc1ccccc1)[C@H](OCc1ccccc1)[C@H](NCc1ccccc1)c1nccs1. The van der Waals surface area contributed by atoms with Gasteiger partial charge in [-0.2, -0.15) is 0 Å². The Morgan fingerprint density at radius 1 is 0.628 bits per heavy atom. The molecule has 1 aromatic heterocycles. The van der Waals surface area contributed by atoms with Gasteiger partial charge in [-0.05, 0) is 22.3 Å². The summed E-state index contributed by atoms with van der Waals surface area (Å²) in [4.78, 5) is 4.67. The second-order valence-corrected chi connectivity index (χ2v) is 11.2. The summed E-state index contributed by atoms with van der Waals surface area (Å²) >= 11 is 1.55. The van der Waals surface area contributed by atoms with Crippen LogP contribution in [0.4, 0.5) is 0 Å². The summed E-state index contributed by atoms with van der Waals surface area (Å²) in [5, 5.41) is 18.2. The number of hydrogen-bond donors (Lipinski definition) is 2. The van der Waals surface area contributed by atoms with Crippen molar-refractivity contribution in [1.29, 1.82) is 0 Å². The number of nitrogens with one attached hydrogen (secondary N) is 1. The first-order valence-electron chi connectivity index (χ1n) is 14.5. The van der Waals surface area contributed by atoms with Gasteiger partial charge in [0.25, 0.3) is 0 Å². The van der Waals surface area contributed by atoms with Gasteiger partial charge in [0.05, 0.1) is 32.5 Å². The number of hydrogen-bond acceptors (Lipinski definition) is 7. The van der Waals surface area contributed by atoms with Crippen molar-refractivity contribution in [3.05, 3.63) is 160 Å². The van der Waals surface area contributed by atoms with E-state index >= 15 is 0 Å². The molecular weight excluding hydrogens is 556 g/mol. The van der Waals surface area contributed by atoms with Crippen molar-refractivity contribution in [2.24, 2.45) is 0 Å². The predicted octanol–water partition coefficient (Wildman–Crippen LogP) is 6.72. The molecule has 2 N–H and O–H groups in total. The monoisotopic (exact) mass is 594 g/mol. The molecule has 7 heteroatoms.